The lowest BCUT2D eigenvalue weighted by atomic mass is 10.2. The zero-order valence-corrected chi connectivity index (χ0v) is 9.74. The van der Waals surface area contributed by atoms with Crippen molar-refractivity contribution >= 4 is 33.2 Å². The molecular weight excluding hydrogens is 252 g/mol. The molecule has 0 aliphatic rings. The minimum atomic E-state index is -0.856. The van der Waals surface area contributed by atoms with Crippen molar-refractivity contribution in [1.82, 2.24) is 0 Å². The van der Waals surface area contributed by atoms with E-state index in [1.165, 1.54) is 11.3 Å². The molecule has 0 aliphatic carbocycles. The monoisotopic (exact) mass is 262 g/mol. The number of halogens is 1. The molecule has 0 saturated heterocycles. The Bertz CT molecular complexity index is 307. The first-order valence-electron chi connectivity index (χ1n) is 4.16. The second kappa shape index (κ2) is 4.77. The number of carboxylic acid groups (broad SMARTS) is 1. The van der Waals surface area contributed by atoms with Crippen LogP contribution in [0.1, 0.15) is 35.0 Å². The molecule has 0 amide bonds. The van der Waals surface area contributed by atoms with E-state index in [9.17, 15) is 4.79 Å². The van der Waals surface area contributed by atoms with Crippen LogP contribution < -0.4 is 0 Å². The van der Waals surface area contributed by atoms with E-state index < -0.39 is 5.97 Å². The van der Waals surface area contributed by atoms with Crippen LogP contribution >= 0.6 is 27.3 Å². The molecule has 0 saturated carbocycles. The van der Waals surface area contributed by atoms with E-state index in [0.717, 1.165) is 27.9 Å². The molecule has 0 fully saturated rings. The molecule has 0 radical (unpaired) electrons. The van der Waals surface area contributed by atoms with Gasteiger partial charge in [-0.3, -0.25) is 0 Å². The summed E-state index contributed by atoms with van der Waals surface area (Å²) in [4.78, 5) is 11.8. The molecule has 0 aromatic carbocycles. The third-order valence-electron chi connectivity index (χ3n) is 1.74. The van der Waals surface area contributed by atoms with Crippen molar-refractivity contribution in [2.75, 3.05) is 0 Å². The van der Waals surface area contributed by atoms with Gasteiger partial charge in [-0.15, -0.1) is 11.3 Å². The normalized spacial score (nSPS) is 10.3. The van der Waals surface area contributed by atoms with E-state index in [2.05, 4.69) is 22.9 Å². The van der Waals surface area contributed by atoms with Crippen molar-refractivity contribution in [3.05, 3.63) is 20.3 Å². The zero-order valence-electron chi connectivity index (χ0n) is 7.34. The van der Waals surface area contributed by atoms with Gasteiger partial charge in [0.05, 0.1) is 9.35 Å². The fourth-order valence-corrected chi connectivity index (χ4v) is 2.85. The van der Waals surface area contributed by atoms with Crippen LogP contribution in [-0.4, -0.2) is 11.1 Å². The van der Waals surface area contributed by atoms with Crippen molar-refractivity contribution in [3.63, 3.8) is 0 Å². The van der Waals surface area contributed by atoms with Gasteiger partial charge in [-0.05, 0) is 34.8 Å². The summed E-state index contributed by atoms with van der Waals surface area (Å²) >= 11 is 4.77. The second-order valence-corrected chi connectivity index (χ2v) is 5.26. The molecule has 2 nitrogen and oxygen atoms in total. The van der Waals surface area contributed by atoms with Gasteiger partial charge in [0.2, 0.25) is 0 Å². The molecule has 0 spiro atoms. The third kappa shape index (κ3) is 2.81. The highest BCUT2D eigenvalue weighted by Crippen LogP contribution is 2.29. The van der Waals surface area contributed by atoms with Crippen LogP contribution in [0.5, 0.6) is 0 Å². The van der Waals surface area contributed by atoms with Gasteiger partial charge in [-0.1, -0.05) is 13.3 Å². The number of rotatable bonds is 4. The minimum absolute atomic E-state index is 0.385. The summed E-state index contributed by atoms with van der Waals surface area (Å²) in [7, 11) is 0. The Morgan fingerprint density at radius 1 is 1.69 bits per heavy atom. The van der Waals surface area contributed by atoms with E-state index in [0.29, 0.717) is 5.56 Å². The average molecular weight is 263 g/mol. The smallest absolute Gasteiger partial charge is 0.337 e. The van der Waals surface area contributed by atoms with E-state index in [4.69, 9.17) is 5.11 Å². The molecule has 4 heteroatoms. The third-order valence-corrected chi connectivity index (χ3v) is 3.64. The number of unbranched alkanes of at least 4 members (excludes halogenated alkanes) is 1. The maximum atomic E-state index is 10.7. The van der Waals surface area contributed by atoms with Gasteiger partial charge in [-0.2, -0.15) is 0 Å². The van der Waals surface area contributed by atoms with Gasteiger partial charge in [0.25, 0.3) is 0 Å². The van der Waals surface area contributed by atoms with Crippen molar-refractivity contribution in [2.24, 2.45) is 0 Å². The summed E-state index contributed by atoms with van der Waals surface area (Å²) in [6, 6.07) is 1.76. The molecule has 0 unspecified atom stereocenters. The molecule has 1 N–H and O–H groups in total. The number of carboxylic acids is 1. The lowest BCUT2D eigenvalue weighted by Gasteiger charge is -1.91. The minimum Gasteiger partial charge on any atom is -0.478 e. The van der Waals surface area contributed by atoms with Gasteiger partial charge in [0.15, 0.2) is 0 Å². The number of hydrogen-bond acceptors (Lipinski definition) is 2. The van der Waals surface area contributed by atoms with E-state index in [-0.39, 0.29) is 0 Å². The molecule has 13 heavy (non-hydrogen) atoms. The molecule has 0 atom stereocenters. The van der Waals surface area contributed by atoms with Crippen LogP contribution in [0.3, 0.4) is 0 Å². The largest absolute Gasteiger partial charge is 0.478 e. The summed E-state index contributed by atoms with van der Waals surface area (Å²) in [5.74, 6) is -0.856. The summed E-state index contributed by atoms with van der Waals surface area (Å²) in [5.41, 5.74) is 0.385. The molecular formula is C9H11BrO2S. The maximum Gasteiger partial charge on any atom is 0.337 e. The number of thiophene rings is 1. The lowest BCUT2D eigenvalue weighted by Crippen LogP contribution is -1.93. The Labute approximate surface area is 89.7 Å². The summed E-state index contributed by atoms with van der Waals surface area (Å²) in [6.45, 7) is 2.13. The predicted octanol–water partition coefficient (Wildman–Crippen LogP) is 3.55. The molecule has 1 heterocycles. The summed E-state index contributed by atoms with van der Waals surface area (Å²) < 4.78 is 0.728. The van der Waals surface area contributed by atoms with E-state index in [1.54, 1.807) is 6.07 Å². The highest BCUT2D eigenvalue weighted by atomic mass is 79.9. The quantitative estimate of drug-likeness (QED) is 0.901. The highest BCUT2D eigenvalue weighted by molar-refractivity contribution is 9.11. The Morgan fingerprint density at radius 2 is 2.38 bits per heavy atom. The molecule has 72 valence electrons. The van der Waals surface area contributed by atoms with Crippen molar-refractivity contribution in [1.29, 1.82) is 0 Å². The second-order valence-electron chi connectivity index (χ2n) is 2.81. The van der Waals surface area contributed by atoms with Gasteiger partial charge in [0, 0.05) is 4.88 Å². The van der Waals surface area contributed by atoms with E-state index in [1.807, 2.05) is 0 Å². The number of aromatic carboxylic acids is 1. The molecule has 0 bridgehead atoms. The first kappa shape index (κ1) is 10.7. The SMILES string of the molecule is CCCCc1cc(C(=O)O)c(Br)s1. The van der Waals surface area contributed by atoms with Crippen LogP contribution in [-0.2, 0) is 6.42 Å². The van der Waals surface area contributed by atoms with Crippen LogP contribution in [0.2, 0.25) is 0 Å². The van der Waals surface area contributed by atoms with Gasteiger partial charge in [0.1, 0.15) is 0 Å². The fourth-order valence-electron chi connectivity index (χ4n) is 1.04. The molecule has 1 rings (SSSR count). The number of aryl methyl sites for hydroxylation is 1. The zero-order chi connectivity index (χ0) is 9.84. The van der Waals surface area contributed by atoms with E-state index >= 15 is 0 Å². The van der Waals surface area contributed by atoms with Crippen LogP contribution in [0, 0.1) is 0 Å². The van der Waals surface area contributed by atoms with Crippen molar-refractivity contribution in [3.8, 4) is 0 Å². The molecule has 1 aromatic rings. The van der Waals surface area contributed by atoms with Crippen molar-refractivity contribution in [2.45, 2.75) is 26.2 Å². The fraction of sp³-hybridized carbons (Fsp3) is 0.444. The predicted molar refractivity (Wildman–Crippen MR) is 57.6 cm³/mol. The number of hydrogen-bond donors (Lipinski definition) is 1. The molecule has 1 aromatic heterocycles. The van der Waals surface area contributed by atoms with Crippen LogP contribution in [0.4, 0.5) is 0 Å². The van der Waals surface area contributed by atoms with Gasteiger partial charge in [-0.25, -0.2) is 4.79 Å². The Hall–Kier alpha value is -0.350. The topological polar surface area (TPSA) is 37.3 Å². The van der Waals surface area contributed by atoms with Crippen LogP contribution in [0.25, 0.3) is 0 Å². The first-order chi connectivity index (χ1) is 6.15. The van der Waals surface area contributed by atoms with Crippen molar-refractivity contribution < 1.29 is 9.90 Å². The highest BCUT2D eigenvalue weighted by Gasteiger charge is 2.12. The van der Waals surface area contributed by atoms with Gasteiger partial charge >= 0.3 is 5.97 Å². The first-order valence-corrected chi connectivity index (χ1v) is 5.77. The molecule has 0 aliphatic heterocycles. The van der Waals surface area contributed by atoms with Crippen LogP contribution in [0.15, 0.2) is 9.85 Å². The van der Waals surface area contributed by atoms with Gasteiger partial charge < -0.3 is 5.11 Å². The Balaban J connectivity index is 2.76. The summed E-state index contributed by atoms with van der Waals surface area (Å²) in [5, 5.41) is 8.78. The standard InChI is InChI=1S/C9H11BrO2S/c1-2-3-4-6-5-7(9(11)12)8(10)13-6/h5H,2-4H2,1H3,(H,11,12). The maximum absolute atomic E-state index is 10.7. The summed E-state index contributed by atoms with van der Waals surface area (Å²) in [6.07, 6.45) is 3.23. The lowest BCUT2D eigenvalue weighted by molar-refractivity contribution is 0.0696. The Kier molecular flexibility index (Phi) is 3.93. The number of carbonyl (C=O) groups is 1. The average Bonchev–Trinajstić information content (AvgIpc) is 2.43. The Morgan fingerprint density at radius 3 is 2.85 bits per heavy atom.